The first-order chi connectivity index (χ1) is 9.50. The van der Waals surface area contributed by atoms with Gasteiger partial charge in [0.15, 0.2) is 9.84 Å². The molecule has 1 unspecified atom stereocenters. The molecule has 1 aliphatic heterocycles. The highest BCUT2D eigenvalue weighted by molar-refractivity contribution is 7.91. The molecule has 7 nitrogen and oxygen atoms in total. The van der Waals surface area contributed by atoms with Crippen LogP contribution in [0.2, 0.25) is 0 Å². The molecule has 1 amide bonds. The summed E-state index contributed by atoms with van der Waals surface area (Å²) in [7, 11) is 0.0761. The number of methoxy groups -OCH3 is 2. The van der Waals surface area contributed by atoms with Gasteiger partial charge in [-0.25, -0.2) is 8.42 Å². The highest BCUT2D eigenvalue weighted by Gasteiger charge is 2.34. The number of carbonyl (C=O) groups is 1. The van der Waals surface area contributed by atoms with Crippen molar-refractivity contribution in [2.45, 2.75) is 12.5 Å². The third-order valence-electron chi connectivity index (χ3n) is 3.16. The Morgan fingerprint density at radius 3 is 2.45 bits per heavy atom. The summed E-state index contributed by atoms with van der Waals surface area (Å²) >= 11 is 0. The topological polar surface area (TPSA) is 82.1 Å². The van der Waals surface area contributed by atoms with Gasteiger partial charge in [0.1, 0.15) is 6.61 Å². The largest absolute Gasteiger partial charge is 0.383 e. The van der Waals surface area contributed by atoms with Gasteiger partial charge in [-0.1, -0.05) is 0 Å². The lowest BCUT2D eigenvalue weighted by molar-refractivity contribution is -0.139. The maximum Gasteiger partial charge on any atom is 0.248 e. The van der Waals surface area contributed by atoms with E-state index in [9.17, 15) is 13.2 Å². The molecule has 0 spiro atoms. The van der Waals surface area contributed by atoms with Crippen molar-refractivity contribution in [2.75, 3.05) is 58.7 Å². The zero-order valence-electron chi connectivity index (χ0n) is 12.0. The molecule has 20 heavy (non-hydrogen) atoms. The molecule has 0 radical (unpaired) electrons. The second-order valence-corrected chi connectivity index (χ2v) is 6.91. The second-order valence-electron chi connectivity index (χ2n) is 4.68. The second kappa shape index (κ2) is 8.56. The maximum absolute atomic E-state index is 12.1. The van der Waals surface area contributed by atoms with Crippen LogP contribution in [0.4, 0.5) is 0 Å². The van der Waals surface area contributed by atoms with Crippen LogP contribution in [0.25, 0.3) is 0 Å². The van der Waals surface area contributed by atoms with Crippen LogP contribution in [0.1, 0.15) is 6.42 Å². The van der Waals surface area contributed by atoms with Crippen LogP contribution >= 0.6 is 0 Å². The van der Waals surface area contributed by atoms with Gasteiger partial charge in [-0.2, -0.15) is 0 Å². The predicted octanol–water partition coefficient (Wildman–Crippen LogP) is -0.688. The van der Waals surface area contributed by atoms with Gasteiger partial charge in [0, 0.05) is 26.8 Å². The van der Waals surface area contributed by atoms with Gasteiger partial charge in [-0.15, -0.1) is 0 Å². The molecular formula is C12H23NO6S. The van der Waals surface area contributed by atoms with Crippen molar-refractivity contribution < 1.29 is 27.4 Å². The van der Waals surface area contributed by atoms with Crippen molar-refractivity contribution in [3.05, 3.63) is 0 Å². The predicted molar refractivity (Wildman–Crippen MR) is 73.3 cm³/mol. The molecule has 0 saturated carbocycles. The zero-order valence-corrected chi connectivity index (χ0v) is 12.9. The monoisotopic (exact) mass is 309 g/mol. The van der Waals surface area contributed by atoms with E-state index < -0.39 is 9.84 Å². The van der Waals surface area contributed by atoms with Crippen LogP contribution in [0, 0.1) is 0 Å². The number of hydrogen-bond acceptors (Lipinski definition) is 6. The molecule has 1 atom stereocenters. The molecule has 1 rings (SSSR count). The number of nitrogens with zero attached hydrogens (tertiary/aromatic N) is 1. The van der Waals surface area contributed by atoms with Gasteiger partial charge >= 0.3 is 0 Å². The van der Waals surface area contributed by atoms with E-state index in [1.165, 1.54) is 0 Å². The minimum absolute atomic E-state index is 0.0283. The first kappa shape index (κ1) is 17.4. The van der Waals surface area contributed by atoms with Gasteiger partial charge in [-0.05, 0) is 6.42 Å². The molecule has 0 aromatic rings. The molecular weight excluding hydrogens is 286 g/mol. The molecule has 1 fully saturated rings. The number of ether oxygens (including phenoxy) is 3. The quantitative estimate of drug-likeness (QED) is 0.524. The van der Waals surface area contributed by atoms with Crippen molar-refractivity contribution in [1.82, 2.24) is 4.90 Å². The zero-order chi connectivity index (χ0) is 15.0. The molecule has 1 aliphatic rings. The minimum atomic E-state index is -3.02. The molecule has 0 bridgehead atoms. The Bertz CT molecular complexity index is 397. The summed E-state index contributed by atoms with van der Waals surface area (Å²) < 4.78 is 38.0. The molecule has 118 valence electrons. The number of sulfone groups is 1. The molecule has 8 heteroatoms. The van der Waals surface area contributed by atoms with E-state index >= 15 is 0 Å². The molecule has 1 saturated heterocycles. The van der Waals surface area contributed by atoms with Crippen molar-refractivity contribution in [1.29, 1.82) is 0 Å². The van der Waals surface area contributed by atoms with Gasteiger partial charge in [-0.3, -0.25) is 4.79 Å². The number of carbonyl (C=O) groups excluding carboxylic acids is 1. The number of amides is 1. The first-order valence-corrected chi connectivity index (χ1v) is 8.38. The molecule has 1 heterocycles. The Hall–Kier alpha value is -0.700. The van der Waals surface area contributed by atoms with Gasteiger partial charge < -0.3 is 19.1 Å². The maximum atomic E-state index is 12.1. The standard InChI is InChI=1S/C12H23NO6S/c1-17-5-4-13(11-3-8-20(15,16)10-11)12(14)9-19-7-6-18-2/h11H,3-10H2,1-2H3. The molecule has 0 N–H and O–H groups in total. The van der Waals surface area contributed by atoms with Gasteiger partial charge in [0.05, 0.1) is 31.3 Å². The van der Waals surface area contributed by atoms with E-state index in [0.717, 1.165) is 0 Å². The SMILES string of the molecule is COCCOCC(=O)N(CCOC)C1CCS(=O)(=O)C1. The van der Waals surface area contributed by atoms with E-state index in [1.54, 1.807) is 19.1 Å². The summed E-state index contributed by atoms with van der Waals surface area (Å²) in [6, 6.07) is -0.270. The molecule has 0 aromatic heterocycles. The van der Waals surface area contributed by atoms with Crippen LogP contribution in [0.5, 0.6) is 0 Å². The van der Waals surface area contributed by atoms with Crippen LogP contribution in [0.15, 0.2) is 0 Å². The average Bonchev–Trinajstić information content (AvgIpc) is 2.75. The summed E-state index contributed by atoms with van der Waals surface area (Å²) in [4.78, 5) is 13.7. The van der Waals surface area contributed by atoms with Crippen molar-refractivity contribution >= 4 is 15.7 Å². The van der Waals surface area contributed by atoms with E-state index in [1.807, 2.05) is 0 Å². The lowest BCUT2D eigenvalue weighted by Gasteiger charge is -2.28. The molecule has 0 aliphatic carbocycles. The first-order valence-electron chi connectivity index (χ1n) is 6.55. The van der Waals surface area contributed by atoms with Gasteiger partial charge in [0.2, 0.25) is 5.91 Å². The van der Waals surface area contributed by atoms with Crippen LogP contribution in [-0.4, -0.2) is 84.0 Å². The Morgan fingerprint density at radius 2 is 1.90 bits per heavy atom. The number of hydrogen-bond donors (Lipinski definition) is 0. The molecule has 0 aromatic carbocycles. The summed E-state index contributed by atoms with van der Waals surface area (Å²) in [5.74, 6) is -0.0419. The van der Waals surface area contributed by atoms with Crippen LogP contribution in [0.3, 0.4) is 0 Å². The van der Waals surface area contributed by atoms with Crippen LogP contribution < -0.4 is 0 Å². The Balaban J connectivity index is 2.52. The highest BCUT2D eigenvalue weighted by Crippen LogP contribution is 2.17. The fraction of sp³-hybridized carbons (Fsp3) is 0.917. The minimum Gasteiger partial charge on any atom is -0.383 e. The lowest BCUT2D eigenvalue weighted by Crippen LogP contribution is -2.44. The average molecular weight is 309 g/mol. The van der Waals surface area contributed by atoms with Crippen molar-refractivity contribution in [3.8, 4) is 0 Å². The fourth-order valence-electron chi connectivity index (χ4n) is 2.11. The summed E-state index contributed by atoms with van der Waals surface area (Å²) in [5, 5.41) is 0. The fourth-order valence-corrected chi connectivity index (χ4v) is 3.84. The summed E-state index contributed by atoms with van der Waals surface area (Å²) in [5.41, 5.74) is 0. The van der Waals surface area contributed by atoms with Crippen molar-refractivity contribution in [2.24, 2.45) is 0 Å². The summed E-state index contributed by atoms with van der Waals surface area (Å²) in [6.45, 7) is 1.44. The Kier molecular flexibility index (Phi) is 7.42. The smallest absolute Gasteiger partial charge is 0.248 e. The van der Waals surface area contributed by atoms with E-state index in [-0.39, 0.29) is 30.1 Å². The highest BCUT2D eigenvalue weighted by atomic mass is 32.2. The van der Waals surface area contributed by atoms with E-state index in [2.05, 4.69) is 0 Å². The van der Waals surface area contributed by atoms with E-state index in [0.29, 0.717) is 32.8 Å². The number of rotatable bonds is 9. The van der Waals surface area contributed by atoms with Crippen molar-refractivity contribution in [3.63, 3.8) is 0 Å². The summed E-state index contributed by atoms with van der Waals surface area (Å²) in [6.07, 6.45) is 0.482. The van der Waals surface area contributed by atoms with E-state index in [4.69, 9.17) is 14.2 Å². The Morgan fingerprint density at radius 1 is 1.20 bits per heavy atom. The van der Waals surface area contributed by atoms with Crippen LogP contribution in [-0.2, 0) is 28.8 Å². The lowest BCUT2D eigenvalue weighted by atomic mass is 10.2. The third-order valence-corrected chi connectivity index (χ3v) is 4.91. The Labute approximate surface area is 120 Å². The van der Waals surface area contributed by atoms with Gasteiger partial charge in [0.25, 0.3) is 0 Å². The normalized spacial score (nSPS) is 21.0. The third kappa shape index (κ3) is 5.74.